The molecule has 0 aromatic heterocycles. The molecule has 0 saturated carbocycles. The molecule has 1 atom stereocenters. The molecule has 1 heterocycles. The third-order valence-corrected chi connectivity index (χ3v) is 6.28. The second-order valence-corrected chi connectivity index (χ2v) is 8.18. The molecule has 2 rings (SSSR count). The molecule has 1 unspecified atom stereocenters. The summed E-state index contributed by atoms with van der Waals surface area (Å²) in [6.45, 7) is 6.26. The largest absolute Gasteiger partial charge is 0.399 e. The van der Waals surface area contributed by atoms with Crippen LogP contribution in [0.5, 0.6) is 0 Å². The minimum atomic E-state index is -3.48. The molecule has 0 amide bonds. The molecule has 21 heavy (non-hydrogen) atoms. The number of likely N-dealkylation sites (tertiary alicyclic amines) is 1. The Morgan fingerprint density at radius 1 is 1.38 bits per heavy atom. The van der Waals surface area contributed by atoms with Crippen molar-refractivity contribution < 1.29 is 8.42 Å². The van der Waals surface area contributed by atoms with Gasteiger partial charge in [0.1, 0.15) is 0 Å². The average molecular weight is 311 g/mol. The van der Waals surface area contributed by atoms with Gasteiger partial charge in [0.15, 0.2) is 0 Å². The molecule has 1 aromatic carbocycles. The third kappa shape index (κ3) is 3.39. The molecular weight excluding hydrogens is 286 g/mol. The lowest BCUT2D eigenvalue weighted by atomic mass is 10.1. The molecule has 0 spiro atoms. The van der Waals surface area contributed by atoms with Gasteiger partial charge in [0.2, 0.25) is 10.0 Å². The summed E-state index contributed by atoms with van der Waals surface area (Å²) in [6, 6.07) is 3.37. The van der Waals surface area contributed by atoms with Gasteiger partial charge in [-0.15, -0.1) is 0 Å². The van der Waals surface area contributed by atoms with E-state index in [1.807, 2.05) is 13.8 Å². The predicted molar refractivity (Wildman–Crippen MR) is 85.7 cm³/mol. The van der Waals surface area contributed by atoms with E-state index in [4.69, 9.17) is 5.73 Å². The van der Waals surface area contributed by atoms with Crippen molar-refractivity contribution >= 4 is 15.7 Å². The minimum absolute atomic E-state index is 0.328. The molecule has 1 aliphatic heterocycles. The standard InChI is InChI=1S/C15H25N3O2S/c1-11-7-14(16)8-15(12(11)2)21(19,20)18(4)10-13-5-6-17(3)9-13/h7-8,13H,5-6,9-10,16H2,1-4H3. The van der Waals surface area contributed by atoms with Gasteiger partial charge in [-0.05, 0) is 63.0 Å². The van der Waals surface area contributed by atoms with Gasteiger partial charge >= 0.3 is 0 Å². The van der Waals surface area contributed by atoms with Crippen molar-refractivity contribution in [3.63, 3.8) is 0 Å². The molecule has 118 valence electrons. The van der Waals surface area contributed by atoms with Gasteiger partial charge in [-0.3, -0.25) is 0 Å². The molecule has 1 saturated heterocycles. The number of sulfonamides is 1. The van der Waals surface area contributed by atoms with E-state index in [2.05, 4.69) is 11.9 Å². The normalized spacial score (nSPS) is 20.3. The van der Waals surface area contributed by atoms with Gasteiger partial charge in [-0.25, -0.2) is 12.7 Å². The van der Waals surface area contributed by atoms with E-state index < -0.39 is 10.0 Å². The van der Waals surface area contributed by atoms with Crippen LogP contribution in [-0.4, -0.2) is 51.4 Å². The summed E-state index contributed by atoms with van der Waals surface area (Å²) in [6.07, 6.45) is 1.05. The molecule has 1 aromatic rings. The van der Waals surface area contributed by atoms with E-state index in [1.165, 1.54) is 4.31 Å². The Morgan fingerprint density at radius 3 is 2.62 bits per heavy atom. The molecule has 1 aliphatic rings. The van der Waals surface area contributed by atoms with Crippen LogP contribution in [0.2, 0.25) is 0 Å². The number of aryl methyl sites for hydroxylation is 1. The molecule has 1 fully saturated rings. The fraction of sp³-hybridized carbons (Fsp3) is 0.600. The van der Waals surface area contributed by atoms with Crippen LogP contribution in [0.4, 0.5) is 5.69 Å². The highest BCUT2D eigenvalue weighted by molar-refractivity contribution is 7.89. The van der Waals surface area contributed by atoms with Crippen LogP contribution in [0, 0.1) is 19.8 Å². The zero-order valence-electron chi connectivity index (χ0n) is 13.3. The zero-order chi connectivity index (χ0) is 15.8. The Kier molecular flexibility index (Phi) is 4.60. The Bertz CT molecular complexity index is 628. The number of anilines is 1. The van der Waals surface area contributed by atoms with Crippen molar-refractivity contribution in [2.75, 3.05) is 39.5 Å². The summed E-state index contributed by atoms with van der Waals surface area (Å²) in [5.74, 6) is 0.400. The van der Waals surface area contributed by atoms with Gasteiger partial charge in [0.05, 0.1) is 4.90 Å². The first-order chi connectivity index (χ1) is 9.71. The molecule has 5 nitrogen and oxygen atoms in total. The quantitative estimate of drug-likeness (QED) is 0.855. The van der Waals surface area contributed by atoms with E-state index in [-0.39, 0.29) is 0 Å². The van der Waals surface area contributed by atoms with Gasteiger partial charge in [0, 0.05) is 25.8 Å². The van der Waals surface area contributed by atoms with Crippen molar-refractivity contribution in [3.8, 4) is 0 Å². The maximum atomic E-state index is 12.8. The number of nitrogen functional groups attached to an aromatic ring is 1. The fourth-order valence-corrected chi connectivity index (χ4v) is 4.50. The molecule has 0 radical (unpaired) electrons. The van der Waals surface area contributed by atoms with Crippen molar-refractivity contribution in [1.82, 2.24) is 9.21 Å². The highest BCUT2D eigenvalue weighted by atomic mass is 32.2. The zero-order valence-corrected chi connectivity index (χ0v) is 14.1. The summed E-state index contributed by atoms with van der Waals surface area (Å²) < 4.78 is 27.0. The highest BCUT2D eigenvalue weighted by Gasteiger charge is 2.28. The monoisotopic (exact) mass is 311 g/mol. The minimum Gasteiger partial charge on any atom is -0.399 e. The number of nitrogens with two attached hydrogens (primary N) is 1. The molecule has 0 bridgehead atoms. The maximum absolute atomic E-state index is 12.8. The number of benzene rings is 1. The van der Waals surface area contributed by atoms with Crippen LogP contribution >= 0.6 is 0 Å². The molecular formula is C15H25N3O2S. The van der Waals surface area contributed by atoms with Gasteiger partial charge in [0.25, 0.3) is 0 Å². The fourth-order valence-electron chi connectivity index (χ4n) is 2.93. The van der Waals surface area contributed by atoms with Gasteiger partial charge in [-0.1, -0.05) is 0 Å². The number of rotatable bonds is 4. The molecule has 6 heteroatoms. The lowest BCUT2D eigenvalue weighted by Gasteiger charge is -2.22. The summed E-state index contributed by atoms with van der Waals surface area (Å²) >= 11 is 0. The van der Waals surface area contributed by atoms with E-state index in [0.29, 0.717) is 23.0 Å². The summed E-state index contributed by atoms with van der Waals surface area (Å²) in [4.78, 5) is 2.56. The summed E-state index contributed by atoms with van der Waals surface area (Å²) in [7, 11) is 0.243. The topological polar surface area (TPSA) is 66.6 Å². The van der Waals surface area contributed by atoms with Crippen LogP contribution in [0.1, 0.15) is 17.5 Å². The maximum Gasteiger partial charge on any atom is 0.243 e. The number of nitrogens with zero attached hydrogens (tertiary/aromatic N) is 2. The summed E-state index contributed by atoms with van der Waals surface area (Å²) in [5, 5.41) is 0. The van der Waals surface area contributed by atoms with E-state index >= 15 is 0 Å². The van der Waals surface area contributed by atoms with Crippen molar-refractivity contribution in [2.24, 2.45) is 5.92 Å². The number of hydrogen-bond acceptors (Lipinski definition) is 4. The first kappa shape index (κ1) is 16.3. The van der Waals surface area contributed by atoms with E-state index in [1.54, 1.807) is 19.2 Å². The second-order valence-electron chi connectivity index (χ2n) is 6.16. The van der Waals surface area contributed by atoms with E-state index in [9.17, 15) is 8.42 Å². The Balaban J connectivity index is 2.25. The smallest absolute Gasteiger partial charge is 0.243 e. The van der Waals surface area contributed by atoms with Crippen molar-refractivity contribution in [2.45, 2.75) is 25.2 Å². The molecule has 2 N–H and O–H groups in total. The van der Waals surface area contributed by atoms with E-state index in [0.717, 1.165) is 30.6 Å². The van der Waals surface area contributed by atoms with Gasteiger partial charge in [-0.2, -0.15) is 0 Å². The van der Waals surface area contributed by atoms with Crippen LogP contribution < -0.4 is 5.73 Å². The number of hydrogen-bond donors (Lipinski definition) is 1. The molecule has 0 aliphatic carbocycles. The van der Waals surface area contributed by atoms with Crippen LogP contribution in [-0.2, 0) is 10.0 Å². The Hall–Kier alpha value is -1.11. The lowest BCUT2D eigenvalue weighted by molar-refractivity contribution is 0.356. The summed E-state index contributed by atoms with van der Waals surface area (Å²) in [5.41, 5.74) is 7.99. The van der Waals surface area contributed by atoms with Crippen LogP contribution in [0.3, 0.4) is 0 Å². The Labute approximate surface area is 127 Å². The van der Waals surface area contributed by atoms with Crippen LogP contribution in [0.15, 0.2) is 17.0 Å². The predicted octanol–water partition coefficient (Wildman–Crippen LogP) is 1.46. The Morgan fingerprint density at radius 2 is 2.05 bits per heavy atom. The van der Waals surface area contributed by atoms with Crippen LogP contribution in [0.25, 0.3) is 0 Å². The highest BCUT2D eigenvalue weighted by Crippen LogP contribution is 2.26. The van der Waals surface area contributed by atoms with Crippen molar-refractivity contribution in [1.29, 1.82) is 0 Å². The SMILES string of the molecule is Cc1cc(N)cc(S(=O)(=O)N(C)CC2CCN(C)C2)c1C. The first-order valence-electron chi connectivity index (χ1n) is 7.23. The third-order valence-electron chi connectivity index (χ3n) is 4.33. The van der Waals surface area contributed by atoms with Gasteiger partial charge < -0.3 is 10.6 Å². The van der Waals surface area contributed by atoms with Crippen molar-refractivity contribution in [3.05, 3.63) is 23.3 Å². The average Bonchev–Trinajstić information content (AvgIpc) is 2.79. The second kappa shape index (κ2) is 5.94. The first-order valence-corrected chi connectivity index (χ1v) is 8.67. The lowest BCUT2D eigenvalue weighted by Crippen LogP contribution is -2.33.